The van der Waals surface area contributed by atoms with E-state index in [0.717, 1.165) is 32.1 Å². The smallest absolute Gasteiger partial charge is 0.481 e. The van der Waals surface area contributed by atoms with E-state index in [2.05, 4.69) is 73.2 Å². The number of unbranched alkanes of at least 4 members (excludes halogenated alkanes) is 1. The number of rotatable bonds is 22. The number of carboxylic acid groups (broad SMARTS) is 2. The summed E-state index contributed by atoms with van der Waals surface area (Å²) in [6.45, 7) is 16.1. The summed E-state index contributed by atoms with van der Waals surface area (Å²) in [5.74, 6) is -6.77. The second-order valence-electron chi connectivity index (χ2n) is 20.1. The average Bonchev–Trinajstić information content (AvgIpc) is 3.90. The van der Waals surface area contributed by atoms with Crippen LogP contribution >= 0.6 is 0 Å². The highest BCUT2D eigenvalue weighted by Gasteiger charge is 2.69. The van der Waals surface area contributed by atoms with Crippen molar-refractivity contribution in [3.05, 3.63) is 35.4 Å². The molecule has 64 heavy (non-hydrogen) atoms. The number of hydrogen-bond acceptors (Lipinski definition) is 10. The number of carbonyl (C=O) groups excluding carboxylic acids is 5. The number of amides is 5. The molecule has 0 unspecified atom stereocenters. The fourth-order valence-electron chi connectivity index (χ4n) is 10.2. The van der Waals surface area contributed by atoms with Gasteiger partial charge in [0.25, 0.3) is 0 Å². The molecule has 8 N–H and O–H groups in total. The van der Waals surface area contributed by atoms with Gasteiger partial charge in [0.05, 0.1) is 30.6 Å². The molecular formula is C46H71BN6O11. The van der Waals surface area contributed by atoms with E-state index >= 15 is 0 Å². The minimum Gasteiger partial charge on any atom is -0.481 e. The Labute approximate surface area is 377 Å². The first kappa shape index (κ1) is 50.5. The number of likely N-dealkylation sites (tertiary alicyclic amines) is 1. The van der Waals surface area contributed by atoms with Gasteiger partial charge in [0.15, 0.2) is 0 Å². The van der Waals surface area contributed by atoms with E-state index in [4.69, 9.17) is 20.1 Å². The van der Waals surface area contributed by atoms with Gasteiger partial charge in [-0.3, -0.25) is 33.6 Å². The van der Waals surface area contributed by atoms with E-state index in [1.54, 1.807) is 27.7 Å². The molecule has 2 aliphatic heterocycles. The Hall–Kier alpha value is -4.55. The van der Waals surface area contributed by atoms with Crippen molar-refractivity contribution in [1.29, 1.82) is 0 Å². The Morgan fingerprint density at radius 3 is 2.19 bits per heavy atom. The monoisotopic (exact) mass is 895 g/mol. The van der Waals surface area contributed by atoms with E-state index in [-0.39, 0.29) is 35.4 Å². The van der Waals surface area contributed by atoms with Gasteiger partial charge >= 0.3 is 19.1 Å². The predicted molar refractivity (Wildman–Crippen MR) is 238 cm³/mol. The first-order valence-electron chi connectivity index (χ1n) is 23.1. The van der Waals surface area contributed by atoms with Crippen LogP contribution in [0, 0.1) is 35.5 Å². The zero-order valence-corrected chi connectivity index (χ0v) is 38.8. The summed E-state index contributed by atoms with van der Waals surface area (Å²) in [4.78, 5) is 92.9. The summed E-state index contributed by atoms with van der Waals surface area (Å²) in [6, 6.07) is 2.38. The molecule has 3 saturated carbocycles. The van der Waals surface area contributed by atoms with Crippen molar-refractivity contribution in [3.8, 4) is 0 Å². The van der Waals surface area contributed by atoms with Gasteiger partial charge in [-0.25, -0.2) is 0 Å². The van der Waals surface area contributed by atoms with Crippen molar-refractivity contribution in [1.82, 2.24) is 26.2 Å². The number of nitrogens with zero attached hydrogens (tertiary/aromatic N) is 1. The Balaban J connectivity index is 1.27. The van der Waals surface area contributed by atoms with E-state index in [1.807, 2.05) is 0 Å². The lowest BCUT2D eigenvalue weighted by molar-refractivity contribution is -0.220. The van der Waals surface area contributed by atoms with Crippen LogP contribution in [0.2, 0.25) is 0 Å². The van der Waals surface area contributed by atoms with Gasteiger partial charge in [-0.05, 0) is 87.0 Å². The molecule has 2 saturated heterocycles. The number of nitrogens with one attached hydrogen (secondary N) is 4. The molecule has 2 bridgehead atoms. The normalized spacial score (nSPS) is 25.6. The molecule has 5 fully saturated rings. The minimum absolute atomic E-state index is 0.0349. The molecule has 18 heteroatoms. The maximum atomic E-state index is 14.4. The van der Waals surface area contributed by atoms with Gasteiger partial charge in [-0.1, -0.05) is 84.7 Å². The third kappa shape index (κ3) is 11.6. The maximum Gasteiger partial charge on any atom is 0.481 e. The number of carboxylic acids is 2. The second-order valence-corrected chi connectivity index (χ2v) is 20.1. The van der Waals surface area contributed by atoms with Crippen LogP contribution in [0.3, 0.4) is 0 Å². The molecule has 3 aliphatic carbocycles. The number of nitrogens with two attached hydrogens (primary N) is 1. The van der Waals surface area contributed by atoms with E-state index in [9.17, 15) is 38.7 Å². The standard InChI is InChI=1S/C46H71BN6O11/c1-25(2)37(51-41(59)31(18-19-35(54)55)49-40(58)30(48)23-36(56)57)43(61)52-38(26(3)4)44(62)53-20-12-16-32(53)42(60)50-34(17-10-9-14-28-15-11-13-27(5)21-28)47-63-33-22-29-24-46(8,39(33)64-47)45(29,6)7/h11,13,15,21,25-26,29-34,37-39H,9-10,12,14,16-20,22-24,48H2,1-8H3,(H,49,58)(H,50,60)(H,51,59)(H,52,61)(H,54,55)(H,56,57)/t29-,30+,31+,32+,33-,34+,37+,38+,39-,46-/m1/s1. The molecule has 1 aromatic rings. The predicted octanol–water partition coefficient (Wildman–Crippen LogP) is 2.88. The fraction of sp³-hybridized carbons (Fsp3) is 0.717. The van der Waals surface area contributed by atoms with Crippen molar-refractivity contribution in [2.75, 3.05) is 6.54 Å². The van der Waals surface area contributed by atoms with Gasteiger partial charge in [0.1, 0.15) is 24.2 Å². The molecule has 0 radical (unpaired) electrons. The van der Waals surface area contributed by atoms with Crippen LogP contribution in [0.1, 0.15) is 124 Å². The second kappa shape index (κ2) is 21.2. The fourth-order valence-corrected chi connectivity index (χ4v) is 10.2. The Morgan fingerprint density at radius 2 is 1.56 bits per heavy atom. The Morgan fingerprint density at radius 1 is 0.875 bits per heavy atom. The summed E-state index contributed by atoms with van der Waals surface area (Å²) in [5.41, 5.74) is 8.22. The Kier molecular flexibility index (Phi) is 16.7. The lowest BCUT2D eigenvalue weighted by Gasteiger charge is -2.67. The summed E-state index contributed by atoms with van der Waals surface area (Å²) >= 11 is 0. The van der Waals surface area contributed by atoms with Crippen LogP contribution in [-0.4, -0.2) is 119 Å². The summed E-state index contributed by atoms with van der Waals surface area (Å²) in [5, 5.41) is 29.3. The number of aryl methyl sites for hydroxylation is 2. The number of benzene rings is 1. The number of aliphatic carboxylic acids is 2. The zero-order chi connectivity index (χ0) is 47.3. The van der Waals surface area contributed by atoms with Crippen molar-refractivity contribution >= 4 is 48.6 Å². The third-order valence-corrected chi connectivity index (χ3v) is 14.5. The van der Waals surface area contributed by atoms with Crippen LogP contribution in [-0.2, 0) is 49.3 Å². The number of carbonyl (C=O) groups is 7. The molecule has 5 amide bonds. The molecule has 5 aliphatic rings. The lowest BCUT2D eigenvalue weighted by atomic mass is 9.39. The van der Waals surface area contributed by atoms with E-state index in [0.29, 0.717) is 31.7 Å². The molecular weight excluding hydrogens is 823 g/mol. The number of hydrogen-bond donors (Lipinski definition) is 7. The Bertz CT molecular complexity index is 1900. The van der Waals surface area contributed by atoms with Gasteiger partial charge in [0.2, 0.25) is 29.5 Å². The van der Waals surface area contributed by atoms with Crippen molar-refractivity contribution < 1.29 is 53.1 Å². The molecule has 1 aromatic carbocycles. The molecule has 0 spiro atoms. The lowest BCUT2D eigenvalue weighted by Crippen LogP contribution is -2.66. The van der Waals surface area contributed by atoms with Gasteiger partial charge in [0, 0.05) is 18.4 Å². The third-order valence-electron chi connectivity index (χ3n) is 14.5. The molecule has 354 valence electrons. The van der Waals surface area contributed by atoms with Gasteiger partial charge in [-0.2, -0.15) is 0 Å². The SMILES string of the molecule is Cc1cccc(CCCC[C@H](NC(=O)[C@@H]2CCCN2C(=O)[C@@H](NC(=O)[C@@H](NC(=O)[C@H](CCC(=O)O)NC(=O)[C@@H](N)CC(=O)O)C(C)C)C(C)C)B2O[C@@H]3[C@@H](C[C@@H]4C[C@@]3(C)C4(C)C)O2)c1. The highest BCUT2D eigenvalue weighted by molar-refractivity contribution is 6.47. The topological polar surface area (TPSA) is 256 Å². The molecule has 2 heterocycles. The largest absolute Gasteiger partial charge is 0.481 e. The van der Waals surface area contributed by atoms with Gasteiger partial charge in [-0.15, -0.1) is 0 Å². The summed E-state index contributed by atoms with van der Waals surface area (Å²) in [7, 11) is -0.639. The van der Waals surface area contributed by atoms with Crippen LogP contribution in [0.25, 0.3) is 0 Å². The maximum absolute atomic E-state index is 14.4. The van der Waals surface area contributed by atoms with Crippen LogP contribution in [0.15, 0.2) is 24.3 Å². The van der Waals surface area contributed by atoms with Crippen LogP contribution in [0.5, 0.6) is 0 Å². The van der Waals surface area contributed by atoms with Gasteiger partial charge < -0.3 is 51.4 Å². The highest BCUT2D eigenvalue weighted by atomic mass is 16.7. The minimum atomic E-state index is -1.51. The quantitative estimate of drug-likeness (QED) is 0.0656. The summed E-state index contributed by atoms with van der Waals surface area (Å²) < 4.78 is 13.4. The molecule has 6 rings (SSSR count). The van der Waals surface area contributed by atoms with E-state index in [1.165, 1.54) is 16.0 Å². The van der Waals surface area contributed by atoms with E-state index < -0.39 is 104 Å². The van der Waals surface area contributed by atoms with Crippen LogP contribution < -0.4 is 27.0 Å². The summed E-state index contributed by atoms with van der Waals surface area (Å²) in [6.07, 6.45) is 4.49. The zero-order valence-electron chi connectivity index (χ0n) is 38.8. The first-order valence-corrected chi connectivity index (χ1v) is 23.1. The molecule has 10 atom stereocenters. The van der Waals surface area contributed by atoms with Crippen molar-refractivity contribution in [2.24, 2.45) is 34.3 Å². The molecule has 17 nitrogen and oxygen atoms in total. The van der Waals surface area contributed by atoms with Crippen molar-refractivity contribution in [3.63, 3.8) is 0 Å². The van der Waals surface area contributed by atoms with Crippen LogP contribution in [0.4, 0.5) is 0 Å². The molecule has 0 aromatic heterocycles. The first-order chi connectivity index (χ1) is 30.0. The van der Waals surface area contributed by atoms with Crippen molar-refractivity contribution in [2.45, 2.75) is 174 Å². The average molecular weight is 895 g/mol. The highest BCUT2D eigenvalue weighted by Crippen LogP contribution is 2.69.